The van der Waals surface area contributed by atoms with Gasteiger partial charge in [0, 0.05) is 12.6 Å². The van der Waals surface area contributed by atoms with Crippen molar-refractivity contribution in [3.05, 3.63) is 35.4 Å². The van der Waals surface area contributed by atoms with Crippen molar-refractivity contribution in [1.29, 1.82) is 0 Å². The Morgan fingerprint density at radius 1 is 1.40 bits per heavy atom. The van der Waals surface area contributed by atoms with E-state index < -0.39 is 0 Å². The molecular weight excluding hydrogens is 212 g/mol. The predicted molar refractivity (Wildman–Crippen MR) is 66.4 cm³/mol. The molecule has 0 aliphatic heterocycles. The van der Waals surface area contributed by atoms with E-state index in [2.05, 4.69) is 29.3 Å². The Morgan fingerprint density at radius 3 is 2.73 bits per heavy atom. The molecule has 15 heavy (non-hydrogen) atoms. The molecule has 0 aromatic heterocycles. The summed E-state index contributed by atoms with van der Waals surface area (Å²) in [7, 11) is 0. The van der Waals surface area contributed by atoms with E-state index in [-0.39, 0.29) is 18.4 Å². The molecule has 5 heteroatoms. The van der Waals surface area contributed by atoms with Crippen LogP contribution in [0.1, 0.15) is 11.1 Å². The van der Waals surface area contributed by atoms with E-state index in [1.54, 1.807) is 6.21 Å². The van der Waals surface area contributed by atoms with E-state index in [9.17, 15) is 0 Å². The second-order valence-corrected chi connectivity index (χ2v) is 3.02. The largest absolute Gasteiger partial charge is 0.369 e. The maximum atomic E-state index is 5.11. The lowest BCUT2D eigenvalue weighted by Crippen LogP contribution is -2.21. The molecule has 1 aromatic carbocycles. The molecule has 0 amide bonds. The number of nitrogens with zero attached hydrogens (tertiary/aromatic N) is 2. The molecule has 0 aliphatic rings. The third kappa shape index (κ3) is 5.70. The van der Waals surface area contributed by atoms with Crippen molar-refractivity contribution in [2.75, 3.05) is 0 Å². The molecule has 0 bridgehead atoms. The van der Waals surface area contributed by atoms with Crippen molar-refractivity contribution in [3.8, 4) is 0 Å². The molecule has 0 atom stereocenters. The topological polar surface area (TPSA) is 76.8 Å². The van der Waals surface area contributed by atoms with Crippen LogP contribution in [0, 0.1) is 6.92 Å². The monoisotopic (exact) mass is 226 g/mol. The molecule has 0 unspecified atom stereocenters. The highest BCUT2D eigenvalue weighted by atomic mass is 35.5. The van der Waals surface area contributed by atoms with Crippen LogP contribution in [0.3, 0.4) is 0 Å². The summed E-state index contributed by atoms with van der Waals surface area (Å²) < 4.78 is 0. The Kier molecular flexibility index (Phi) is 6.13. The highest BCUT2D eigenvalue weighted by Gasteiger charge is 1.89. The van der Waals surface area contributed by atoms with E-state index in [1.807, 2.05) is 12.1 Å². The zero-order valence-corrected chi connectivity index (χ0v) is 9.37. The Bertz CT molecular complexity index is 356. The fraction of sp³-hybridized carbons (Fsp3) is 0.200. The summed E-state index contributed by atoms with van der Waals surface area (Å²) >= 11 is 0. The molecule has 4 N–H and O–H groups in total. The minimum Gasteiger partial charge on any atom is -0.369 e. The van der Waals surface area contributed by atoms with Crippen molar-refractivity contribution in [2.24, 2.45) is 21.7 Å². The Labute approximate surface area is 95.5 Å². The number of benzene rings is 1. The van der Waals surface area contributed by atoms with Crippen LogP contribution in [-0.2, 0) is 6.42 Å². The molecule has 1 rings (SSSR count). The van der Waals surface area contributed by atoms with Crippen LogP contribution >= 0.6 is 12.4 Å². The van der Waals surface area contributed by atoms with Gasteiger partial charge in [0.15, 0.2) is 0 Å². The van der Waals surface area contributed by atoms with E-state index >= 15 is 0 Å². The van der Waals surface area contributed by atoms with Gasteiger partial charge in [-0.1, -0.05) is 29.8 Å². The molecule has 1 aromatic rings. The second kappa shape index (κ2) is 6.84. The lowest BCUT2D eigenvalue weighted by atomic mass is 10.1. The third-order valence-electron chi connectivity index (χ3n) is 1.66. The summed E-state index contributed by atoms with van der Waals surface area (Å²) in [6.45, 7) is 2.05. The molecule has 0 radical (unpaired) electrons. The summed E-state index contributed by atoms with van der Waals surface area (Å²) in [6, 6.07) is 8.20. The first-order valence-corrected chi connectivity index (χ1v) is 4.34. The number of hydrogen-bond donors (Lipinski definition) is 2. The lowest BCUT2D eigenvalue weighted by Gasteiger charge is -1.96. The smallest absolute Gasteiger partial charge is 0.211 e. The van der Waals surface area contributed by atoms with Crippen molar-refractivity contribution in [1.82, 2.24) is 0 Å². The van der Waals surface area contributed by atoms with E-state index in [1.165, 1.54) is 11.1 Å². The first-order chi connectivity index (χ1) is 6.68. The maximum Gasteiger partial charge on any atom is 0.211 e. The fourth-order valence-electron chi connectivity index (χ4n) is 1.09. The van der Waals surface area contributed by atoms with Crippen molar-refractivity contribution in [2.45, 2.75) is 13.3 Å². The first-order valence-electron chi connectivity index (χ1n) is 4.34. The summed E-state index contributed by atoms with van der Waals surface area (Å²) in [6.07, 6.45) is 2.41. The molecule has 82 valence electrons. The molecular formula is C10H15ClN4. The summed E-state index contributed by atoms with van der Waals surface area (Å²) in [5.74, 6) is -0.0227. The summed E-state index contributed by atoms with van der Waals surface area (Å²) in [5, 5.41) is 7.21. The van der Waals surface area contributed by atoms with Crippen molar-refractivity contribution >= 4 is 24.6 Å². The van der Waals surface area contributed by atoms with Crippen LogP contribution in [0.15, 0.2) is 34.5 Å². The van der Waals surface area contributed by atoms with Gasteiger partial charge in [0.2, 0.25) is 5.96 Å². The van der Waals surface area contributed by atoms with Gasteiger partial charge >= 0.3 is 0 Å². The van der Waals surface area contributed by atoms with Crippen LogP contribution in [0.4, 0.5) is 0 Å². The van der Waals surface area contributed by atoms with Gasteiger partial charge in [-0.3, -0.25) is 0 Å². The fourth-order valence-corrected chi connectivity index (χ4v) is 1.09. The number of rotatable bonds is 3. The normalized spacial score (nSPS) is 9.67. The summed E-state index contributed by atoms with van der Waals surface area (Å²) in [4.78, 5) is 0. The highest BCUT2D eigenvalue weighted by Crippen LogP contribution is 2.03. The van der Waals surface area contributed by atoms with Gasteiger partial charge in [-0.15, -0.1) is 17.5 Å². The SMILES string of the molecule is Cc1cccc(CC=NN=C(N)N)c1.Cl. The third-order valence-corrected chi connectivity index (χ3v) is 1.66. The average Bonchev–Trinajstić information content (AvgIpc) is 2.12. The Morgan fingerprint density at radius 2 is 2.13 bits per heavy atom. The van der Waals surface area contributed by atoms with Gasteiger partial charge < -0.3 is 11.5 Å². The van der Waals surface area contributed by atoms with E-state index in [4.69, 9.17) is 11.5 Å². The number of guanidine groups is 1. The molecule has 0 spiro atoms. The zero-order chi connectivity index (χ0) is 10.4. The molecule has 0 heterocycles. The van der Waals surface area contributed by atoms with Crippen molar-refractivity contribution in [3.63, 3.8) is 0 Å². The Balaban J connectivity index is 0.00000196. The second-order valence-electron chi connectivity index (χ2n) is 3.02. The van der Waals surface area contributed by atoms with Crippen LogP contribution in [0.5, 0.6) is 0 Å². The molecule has 0 saturated heterocycles. The van der Waals surface area contributed by atoms with Gasteiger partial charge in [-0.25, -0.2) is 0 Å². The minimum atomic E-state index is -0.0227. The maximum absolute atomic E-state index is 5.11. The molecule has 0 fully saturated rings. The quantitative estimate of drug-likeness (QED) is 0.462. The van der Waals surface area contributed by atoms with E-state index in [0.717, 1.165) is 6.42 Å². The average molecular weight is 227 g/mol. The number of aryl methyl sites for hydroxylation is 1. The zero-order valence-electron chi connectivity index (χ0n) is 8.55. The van der Waals surface area contributed by atoms with E-state index in [0.29, 0.717) is 0 Å². The van der Waals surface area contributed by atoms with Crippen LogP contribution < -0.4 is 11.5 Å². The summed E-state index contributed by atoms with van der Waals surface area (Å²) in [5.41, 5.74) is 12.6. The van der Waals surface area contributed by atoms with Crippen molar-refractivity contribution < 1.29 is 0 Å². The first kappa shape index (κ1) is 13.4. The predicted octanol–water partition coefficient (Wildman–Crippen LogP) is 1.22. The van der Waals surface area contributed by atoms with Gasteiger partial charge in [-0.2, -0.15) is 5.10 Å². The van der Waals surface area contributed by atoms with Gasteiger partial charge in [0.1, 0.15) is 0 Å². The Hall–Kier alpha value is -1.55. The van der Waals surface area contributed by atoms with Gasteiger partial charge in [-0.05, 0) is 12.5 Å². The van der Waals surface area contributed by atoms with Gasteiger partial charge in [0.05, 0.1) is 0 Å². The molecule has 4 nitrogen and oxygen atoms in total. The van der Waals surface area contributed by atoms with Crippen LogP contribution in [0.25, 0.3) is 0 Å². The highest BCUT2D eigenvalue weighted by molar-refractivity contribution is 5.85. The minimum absolute atomic E-state index is 0. The van der Waals surface area contributed by atoms with Gasteiger partial charge in [0.25, 0.3) is 0 Å². The lowest BCUT2D eigenvalue weighted by molar-refractivity contribution is 1.19. The standard InChI is InChI=1S/C10H14N4.ClH/c1-8-3-2-4-9(7-8)5-6-13-14-10(11)12;/h2-4,6-7H,5H2,1H3,(H4,11,12,14);1H. The van der Waals surface area contributed by atoms with Crippen LogP contribution in [-0.4, -0.2) is 12.2 Å². The van der Waals surface area contributed by atoms with Crippen LogP contribution in [0.2, 0.25) is 0 Å². The number of hydrogen-bond acceptors (Lipinski definition) is 2. The number of halogens is 1. The molecule has 0 aliphatic carbocycles. The number of nitrogens with two attached hydrogens (primary N) is 2. The molecule has 0 saturated carbocycles.